The Morgan fingerprint density at radius 3 is 1.56 bits per heavy atom. The van der Waals surface area contributed by atoms with E-state index in [0.29, 0.717) is 19.3 Å². The maximum absolute atomic E-state index is 12.5. The van der Waals surface area contributed by atoms with Gasteiger partial charge in [-0.3, -0.25) is 23.4 Å². The molecule has 3 atom stereocenters. The molecule has 0 spiro atoms. The van der Waals surface area contributed by atoms with Crippen LogP contribution in [0, 0.1) is 0 Å². The summed E-state index contributed by atoms with van der Waals surface area (Å²) in [6, 6.07) is -1.52. The number of hydrogen-bond acceptors (Lipinski definition) is 9. The Labute approximate surface area is 315 Å². The van der Waals surface area contributed by atoms with Crippen molar-refractivity contribution in [2.45, 2.75) is 193 Å². The first kappa shape index (κ1) is 50.0. The third-order valence-corrected chi connectivity index (χ3v) is 9.65. The van der Waals surface area contributed by atoms with Gasteiger partial charge < -0.3 is 25.2 Å². The third-order valence-electron chi connectivity index (χ3n) is 8.70. The molecule has 4 N–H and O–H groups in total. The summed E-state index contributed by atoms with van der Waals surface area (Å²) in [4.78, 5) is 45.7. The summed E-state index contributed by atoms with van der Waals surface area (Å²) in [6.45, 7) is 2.74. The average molecular weight is 760 g/mol. The van der Waals surface area contributed by atoms with E-state index in [0.717, 1.165) is 32.1 Å². The number of carbonyl (C=O) groups excluding carboxylic acids is 2. The first-order chi connectivity index (χ1) is 25.1. The second-order valence-corrected chi connectivity index (χ2v) is 15.2. The van der Waals surface area contributed by atoms with Crippen LogP contribution < -0.4 is 5.73 Å². The summed E-state index contributed by atoms with van der Waals surface area (Å²) in [5, 5.41) is 8.86. The van der Waals surface area contributed by atoms with Crippen LogP contribution in [-0.4, -0.2) is 59.9 Å². The Morgan fingerprint density at radius 1 is 0.596 bits per heavy atom. The molecule has 52 heavy (non-hydrogen) atoms. The number of phosphoric acid groups is 1. The zero-order valence-corrected chi connectivity index (χ0v) is 33.5. The predicted octanol–water partition coefficient (Wildman–Crippen LogP) is 10.3. The standard InChI is InChI=1S/C40H74NO10P/c1-3-5-7-9-11-13-15-16-17-18-19-20-22-23-25-27-29-31-38(42)48-33-36(34-49-52(46,47)50-35-37(41)40(44)45)51-39(43)32-30-28-26-24-21-14-12-10-8-6-4-2/h19-20,23,25,36-37H,3-18,21-22,24,26-35,41H2,1-2H3,(H,44,45)(H,46,47)/b20-19+,25-23+/t36-,37+/m0/s1. The van der Waals surface area contributed by atoms with Gasteiger partial charge in [0.05, 0.1) is 13.2 Å². The van der Waals surface area contributed by atoms with E-state index >= 15 is 0 Å². The van der Waals surface area contributed by atoms with Gasteiger partial charge in [-0.25, -0.2) is 4.57 Å². The summed E-state index contributed by atoms with van der Waals surface area (Å²) in [5.41, 5.74) is 5.32. The second kappa shape index (κ2) is 36.0. The summed E-state index contributed by atoms with van der Waals surface area (Å²) in [5.74, 6) is -2.43. The molecule has 0 saturated heterocycles. The van der Waals surface area contributed by atoms with Crippen molar-refractivity contribution in [3.8, 4) is 0 Å². The Morgan fingerprint density at radius 2 is 1.04 bits per heavy atom. The molecule has 0 aromatic carbocycles. The molecule has 0 aromatic heterocycles. The Bertz CT molecular complexity index is 989. The number of rotatable bonds is 38. The molecule has 0 heterocycles. The lowest BCUT2D eigenvalue weighted by Gasteiger charge is -2.20. The molecular formula is C40H74NO10P. The van der Waals surface area contributed by atoms with Gasteiger partial charge in [-0.1, -0.05) is 154 Å². The number of carboxylic acids is 1. The predicted molar refractivity (Wildman–Crippen MR) is 208 cm³/mol. The van der Waals surface area contributed by atoms with Gasteiger partial charge in [0, 0.05) is 12.8 Å². The molecule has 0 rings (SSSR count). The van der Waals surface area contributed by atoms with Crippen LogP contribution in [0.15, 0.2) is 24.3 Å². The maximum atomic E-state index is 12.5. The number of carboxylic acid groups (broad SMARTS) is 1. The van der Waals surface area contributed by atoms with E-state index < -0.39 is 51.1 Å². The van der Waals surface area contributed by atoms with Crippen molar-refractivity contribution in [2.75, 3.05) is 19.8 Å². The molecule has 12 heteroatoms. The number of ether oxygens (including phenoxy) is 2. The van der Waals surface area contributed by atoms with Gasteiger partial charge >= 0.3 is 25.7 Å². The molecule has 1 unspecified atom stereocenters. The van der Waals surface area contributed by atoms with Crippen molar-refractivity contribution in [1.82, 2.24) is 0 Å². The van der Waals surface area contributed by atoms with Crippen molar-refractivity contribution in [2.24, 2.45) is 5.73 Å². The lowest BCUT2D eigenvalue weighted by Crippen LogP contribution is -2.34. The molecule has 0 aliphatic carbocycles. The molecule has 0 bridgehead atoms. The number of hydrogen-bond donors (Lipinski definition) is 3. The monoisotopic (exact) mass is 760 g/mol. The van der Waals surface area contributed by atoms with Crippen LogP contribution in [0.5, 0.6) is 0 Å². The van der Waals surface area contributed by atoms with E-state index in [1.54, 1.807) is 0 Å². The molecule has 0 amide bonds. The summed E-state index contributed by atoms with van der Waals surface area (Å²) in [6.07, 6.45) is 35.4. The minimum absolute atomic E-state index is 0.156. The SMILES string of the molecule is CCCCCCCCCCC/C=C/C/C=C/CCCC(=O)OC[C@@H](COP(=O)(O)OC[C@@H](N)C(=O)O)OC(=O)CCCCCCCCCCCCC. The van der Waals surface area contributed by atoms with Crippen molar-refractivity contribution < 1.29 is 47.5 Å². The van der Waals surface area contributed by atoms with Crippen LogP contribution >= 0.6 is 7.82 Å². The van der Waals surface area contributed by atoms with E-state index in [1.807, 2.05) is 6.08 Å². The molecule has 0 saturated carbocycles. The maximum Gasteiger partial charge on any atom is 0.472 e. The minimum Gasteiger partial charge on any atom is -0.480 e. The highest BCUT2D eigenvalue weighted by Gasteiger charge is 2.28. The van der Waals surface area contributed by atoms with Gasteiger partial charge in [-0.15, -0.1) is 0 Å². The average Bonchev–Trinajstić information content (AvgIpc) is 3.12. The number of unbranched alkanes of at least 4 members (excludes halogenated alkanes) is 20. The van der Waals surface area contributed by atoms with E-state index in [9.17, 15) is 23.8 Å². The molecule has 0 radical (unpaired) electrons. The quantitative estimate of drug-likeness (QED) is 0.0237. The fourth-order valence-corrected chi connectivity index (χ4v) is 6.23. The number of aliphatic carboxylic acids is 1. The van der Waals surface area contributed by atoms with Crippen LogP contribution in [0.1, 0.15) is 181 Å². The molecule has 0 aromatic rings. The molecule has 0 aliphatic rings. The molecule has 0 aliphatic heterocycles. The van der Waals surface area contributed by atoms with Crippen LogP contribution in [0.25, 0.3) is 0 Å². The number of allylic oxidation sites excluding steroid dienone is 4. The Balaban J connectivity index is 4.43. The minimum atomic E-state index is -4.71. The van der Waals surface area contributed by atoms with Crippen molar-refractivity contribution in [3.05, 3.63) is 24.3 Å². The van der Waals surface area contributed by atoms with Crippen molar-refractivity contribution >= 4 is 25.7 Å². The summed E-state index contributed by atoms with van der Waals surface area (Å²) in [7, 11) is -4.71. The number of phosphoric ester groups is 1. The summed E-state index contributed by atoms with van der Waals surface area (Å²) < 4.78 is 32.5. The largest absolute Gasteiger partial charge is 0.480 e. The van der Waals surface area contributed by atoms with Gasteiger partial charge in [0.2, 0.25) is 0 Å². The first-order valence-corrected chi connectivity index (χ1v) is 21.9. The van der Waals surface area contributed by atoms with Gasteiger partial charge in [-0.2, -0.15) is 0 Å². The third kappa shape index (κ3) is 35.0. The molecule has 304 valence electrons. The fourth-order valence-electron chi connectivity index (χ4n) is 5.46. The van der Waals surface area contributed by atoms with E-state index in [1.165, 1.54) is 103 Å². The highest BCUT2D eigenvalue weighted by molar-refractivity contribution is 7.47. The van der Waals surface area contributed by atoms with E-state index in [4.69, 9.17) is 24.8 Å². The normalized spacial score (nSPS) is 14.1. The lowest BCUT2D eigenvalue weighted by molar-refractivity contribution is -0.161. The van der Waals surface area contributed by atoms with E-state index in [2.05, 4.69) is 36.6 Å². The van der Waals surface area contributed by atoms with Crippen LogP contribution in [0.2, 0.25) is 0 Å². The summed E-state index contributed by atoms with van der Waals surface area (Å²) >= 11 is 0. The van der Waals surface area contributed by atoms with Crippen molar-refractivity contribution in [3.63, 3.8) is 0 Å². The topological polar surface area (TPSA) is 172 Å². The van der Waals surface area contributed by atoms with E-state index in [-0.39, 0.29) is 19.4 Å². The number of esters is 2. The van der Waals surface area contributed by atoms with Gasteiger partial charge in [0.15, 0.2) is 6.10 Å². The zero-order valence-electron chi connectivity index (χ0n) is 32.7. The van der Waals surface area contributed by atoms with Gasteiger partial charge in [-0.05, 0) is 38.5 Å². The number of nitrogens with two attached hydrogens (primary N) is 1. The Hall–Kier alpha value is -2.04. The molecule has 0 fully saturated rings. The molecule has 11 nitrogen and oxygen atoms in total. The van der Waals surface area contributed by atoms with Gasteiger partial charge in [0.25, 0.3) is 0 Å². The molecular weight excluding hydrogens is 685 g/mol. The van der Waals surface area contributed by atoms with Crippen LogP contribution in [-0.2, 0) is 37.5 Å². The highest BCUT2D eigenvalue weighted by Crippen LogP contribution is 2.43. The lowest BCUT2D eigenvalue weighted by atomic mass is 10.1. The van der Waals surface area contributed by atoms with Crippen LogP contribution in [0.3, 0.4) is 0 Å². The first-order valence-electron chi connectivity index (χ1n) is 20.4. The zero-order chi connectivity index (χ0) is 38.5. The van der Waals surface area contributed by atoms with Crippen molar-refractivity contribution in [1.29, 1.82) is 0 Å². The smallest absolute Gasteiger partial charge is 0.472 e. The van der Waals surface area contributed by atoms with Gasteiger partial charge in [0.1, 0.15) is 12.6 Å². The number of carbonyl (C=O) groups is 3. The highest BCUT2D eigenvalue weighted by atomic mass is 31.2. The second-order valence-electron chi connectivity index (χ2n) is 13.8. The fraction of sp³-hybridized carbons (Fsp3) is 0.825. The van der Waals surface area contributed by atoms with Crippen LogP contribution in [0.4, 0.5) is 0 Å². The Kier molecular flexibility index (Phi) is 34.6.